The molecule has 0 radical (unpaired) electrons. The molecule has 1 N–H and O–H groups in total. The Bertz CT molecular complexity index is 1320. The lowest BCUT2D eigenvalue weighted by Crippen LogP contribution is -2.22. The molecule has 1 aromatic heterocycles. The monoisotopic (exact) mass is 513 g/mol. The normalized spacial score (nSPS) is 10.4. The van der Waals surface area contributed by atoms with E-state index in [1.807, 2.05) is 31.2 Å². The standard InChI is InChI=1S/C23H19N3O9S/c1-3-34-23(29)20-18(14-6-4-13(2)5-7-14)12-36-21(20)24-19(27)11-35-22(28)15-8-16(25(30)31)10-17(9-15)26(32)33/h4-10,12H,3,11H2,1-2H3,(H,24,27). The van der Waals surface area contributed by atoms with E-state index >= 15 is 0 Å². The van der Waals surface area contributed by atoms with Gasteiger partial charge in [-0.2, -0.15) is 0 Å². The van der Waals surface area contributed by atoms with Gasteiger partial charge in [0, 0.05) is 23.1 Å². The number of amides is 1. The van der Waals surface area contributed by atoms with E-state index in [0.717, 1.165) is 34.6 Å². The van der Waals surface area contributed by atoms with Gasteiger partial charge in [-0.15, -0.1) is 11.3 Å². The Kier molecular flexibility index (Phi) is 8.07. The highest BCUT2D eigenvalue weighted by Gasteiger charge is 2.24. The Morgan fingerprint density at radius 2 is 1.56 bits per heavy atom. The largest absolute Gasteiger partial charge is 0.462 e. The topological polar surface area (TPSA) is 168 Å². The summed E-state index contributed by atoms with van der Waals surface area (Å²) in [7, 11) is 0. The van der Waals surface area contributed by atoms with Gasteiger partial charge >= 0.3 is 11.9 Å². The molecule has 36 heavy (non-hydrogen) atoms. The number of hydrogen-bond donors (Lipinski definition) is 1. The predicted molar refractivity (Wildman–Crippen MR) is 129 cm³/mol. The second-order valence-corrected chi connectivity index (χ2v) is 8.20. The quantitative estimate of drug-likeness (QED) is 0.246. The molecular weight excluding hydrogens is 494 g/mol. The maximum Gasteiger partial charge on any atom is 0.341 e. The van der Waals surface area contributed by atoms with Crippen LogP contribution in [0.3, 0.4) is 0 Å². The van der Waals surface area contributed by atoms with E-state index in [0.29, 0.717) is 11.6 Å². The Hall–Kier alpha value is -4.65. The molecule has 2 aromatic carbocycles. The molecule has 13 heteroatoms. The van der Waals surface area contributed by atoms with Crippen molar-refractivity contribution in [2.24, 2.45) is 0 Å². The number of thiophene rings is 1. The van der Waals surface area contributed by atoms with Crippen LogP contribution in [0.15, 0.2) is 47.8 Å². The third-order valence-corrected chi connectivity index (χ3v) is 5.68. The van der Waals surface area contributed by atoms with Gasteiger partial charge < -0.3 is 14.8 Å². The minimum Gasteiger partial charge on any atom is -0.462 e. The number of aryl methyl sites for hydroxylation is 1. The fourth-order valence-electron chi connectivity index (χ4n) is 3.10. The van der Waals surface area contributed by atoms with Crippen molar-refractivity contribution in [3.63, 3.8) is 0 Å². The minimum absolute atomic E-state index is 0.113. The van der Waals surface area contributed by atoms with E-state index in [1.165, 1.54) is 0 Å². The molecule has 0 aliphatic heterocycles. The van der Waals surface area contributed by atoms with Crippen molar-refractivity contribution in [3.8, 4) is 11.1 Å². The first kappa shape index (κ1) is 26.0. The Balaban J connectivity index is 1.77. The molecule has 186 valence electrons. The first-order valence-electron chi connectivity index (χ1n) is 10.4. The van der Waals surface area contributed by atoms with Crippen LogP contribution in [-0.4, -0.2) is 40.9 Å². The smallest absolute Gasteiger partial charge is 0.341 e. The third-order valence-electron chi connectivity index (χ3n) is 4.78. The molecule has 0 aliphatic rings. The van der Waals surface area contributed by atoms with E-state index in [4.69, 9.17) is 9.47 Å². The molecule has 1 heterocycles. The SMILES string of the molecule is CCOC(=O)c1c(-c2ccc(C)cc2)csc1NC(=O)COC(=O)c1cc([N+](=O)[O-])cc([N+](=O)[O-])c1. The summed E-state index contributed by atoms with van der Waals surface area (Å²) in [6.07, 6.45) is 0. The van der Waals surface area contributed by atoms with Crippen LogP contribution in [-0.2, 0) is 14.3 Å². The molecule has 3 aromatic rings. The molecule has 0 atom stereocenters. The molecule has 3 rings (SSSR count). The van der Waals surface area contributed by atoms with Crippen molar-refractivity contribution in [1.29, 1.82) is 0 Å². The number of nitrogens with one attached hydrogen (secondary N) is 1. The summed E-state index contributed by atoms with van der Waals surface area (Å²) in [5.74, 6) is -2.62. The van der Waals surface area contributed by atoms with Gasteiger partial charge in [0.05, 0.1) is 28.1 Å². The lowest BCUT2D eigenvalue weighted by molar-refractivity contribution is -0.394. The van der Waals surface area contributed by atoms with Gasteiger partial charge in [-0.25, -0.2) is 9.59 Å². The van der Waals surface area contributed by atoms with Crippen LogP contribution >= 0.6 is 11.3 Å². The highest BCUT2D eigenvalue weighted by molar-refractivity contribution is 7.15. The molecule has 0 unspecified atom stereocenters. The number of ether oxygens (including phenoxy) is 2. The van der Waals surface area contributed by atoms with Crippen LogP contribution < -0.4 is 5.32 Å². The van der Waals surface area contributed by atoms with Crippen molar-refractivity contribution in [3.05, 3.63) is 84.8 Å². The molecule has 0 fully saturated rings. The van der Waals surface area contributed by atoms with Crippen molar-refractivity contribution >= 4 is 45.6 Å². The van der Waals surface area contributed by atoms with Crippen LogP contribution in [0, 0.1) is 27.2 Å². The maximum absolute atomic E-state index is 12.6. The van der Waals surface area contributed by atoms with E-state index < -0.39 is 51.2 Å². The number of hydrogen-bond acceptors (Lipinski definition) is 10. The van der Waals surface area contributed by atoms with E-state index in [9.17, 15) is 34.6 Å². The summed E-state index contributed by atoms with van der Waals surface area (Å²) in [6.45, 7) is 2.87. The Morgan fingerprint density at radius 1 is 0.944 bits per heavy atom. The van der Waals surface area contributed by atoms with Gasteiger partial charge in [-0.3, -0.25) is 25.0 Å². The highest BCUT2D eigenvalue weighted by atomic mass is 32.1. The summed E-state index contributed by atoms with van der Waals surface area (Å²) < 4.78 is 10.0. The molecule has 0 saturated carbocycles. The molecule has 12 nitrogen and oxygen atoms in total. The zero-order chi connectivity index (χ0) is 26.4. The van der Waals surface area contributed by atoms with Gasteiger partial charge in [-0.05, 0) is 19.4 Å². The third kappa shape index (κ3) is 6.07. The average molecular weight is 513 g/mol. The van der Waals surface area contributed by atoms with Crippen LogP contribution in [0.1, 0.15) is 33.2 Å². The lowest BCUT2D eigenvalue weighted by Gasteiger charge is -2.09. The summed E-state index contributed by atoms with van der Waals surface area (Å²) in [6, 6.07) is 9.70. The summed E-state index contributed by atoms with van der Waals surface area (Å²) >= 11 is 1.08. The molecule has 0 aliphatic carbocycles. The number of carbonyl (C=O) groups is 3. The maximum atomic E-state index is 12.6. The summed E-state index contributed by atoms with van der Waals surface area (Å²) in [5, 5.41) is 26.4. The fourth-order valence-corrected chi connectivity index (χ4v) is 4.08. The number of nitro groups is 2. The minimum atomic E-state index is -1.17. The van der Waals surface area contributed by atoms with Gasteiger partial charge in [-0.1, -0.05) is 29.8 Å². The van der Waals surface area contributed by atoms with Gasteiger partial charge in [0.15, 0.2) is 6.61 Å². The van der Waals surface area contributed by atoms with Crippen molar-refractivity contribution < 1.29 is 33.7 Å². The number of nitro benzene ring substituents is 2. The Labute approximate surface area is 207 Å². The lowest BCUT2D eigenvalue weighted by atomic mass is 10.0. The van der Waals surface area contributed by atoms with Gasteiger partial charge in [0.25, 0.3) is 17.3 Å². The van der Waals surface area contributed by atoms with Crippen LogP contribution in [0.2, 0.25) is 0 Å². The Morgan fingerprint density at radius 3 is 2.11 bits per heavy atom. The van der Waals surface area contributed by atoms with Crippen molar-refractivity contribution in [1.82, 2.24) is 0 Å². The molecule has 0 spiro atoms. The predicted octanol–water partition coefficient (Wildman–Crippen LogP) is 4.51. The van der Waals surface area contributed by atoms with Crippen molar-refractivity contribution in [2.75, 3.05) is 18.5 Å². The number of anilines is 1. The number of non-ortho nitro benzene ring substituents is 2. The number of carbonyl (C=O) groups excluding carboxylic acids is 3. The second-order valence-electron chi connectivity index (χ2n) is 7.32. The van der Waals surface area contributed by atoms with Crippen LogP contribution in [0.5, 0.6) is 0 Å². The highest BCUT2D eigenvalue weighted by Crippen LogP contribution is 2.36. The summed E-state index contributed by atoms with van der Waals surface area (Å²) in [4.78, 5) is 57.6. The number of nitrogens with zero attached hydrogens (tertiary/aromatic N) is 2. The molecule has 0 saturated heterocycles. The second kappa shape index (κ2) is 11.2. The molecule has 0 bridgehead atoms. The zero-order valence-corrected chi connectivity index (χ0v) is 19.8. The summed E-state index contributed by atoms with van der Waals surface area (Å²) in [5.41, 5.74) is 0.627. The fraction of sp³-hybridized carbons (Fsp3) is 0.174. The molecular formula is C23H19N3O9S. The molecule has 1 amide bonds. The van der Waals surface area contributed by atoms with Crippen LogP contribution in [0.25, 0.3) is 11.1 Å². The van der Waals surface area contributed by atoms with Gasteiger partial charge in [0.1, 0.15) is 10.6 Å². The number of benzene rings is 2. The number of esters is 2. The number of rotatable bonds is 9. The van der Waals surface area contributed by atoms with E-state index in [1.54, 1.807) is 12.3 Å². The van der Waals surface area contributed by atoms with Crippen molar-refractivity contribution in [2.45, 2.75) is 13.8 Å². The van der Waals surface area contributed by atoms with E-state index in [-0.39, 0.29) is 17.2 Å². The van der Waals surface area contributed by atoms with Crippen LogP contribution in [0.4, 0.5) is 16.4 Å². The first-order chi connectivity index (χ1) is 17.1. The average Bonchev–Trinajstić information content (AvgIpc) is 3.26. The first-order valence-corrected chi connectivity index (χ1v) is 11.2. The zero-order valence-electron chi connectivity index (χ0n) is 19.0. The van der Waals surface area contributed by atoms with E-state index in [2.05, 4.69) is 5.32 Å². The van der Waals surface area contributed by atoms with Gasteiger partial charge in [0.2, 0.25) is 0 Å².